The Morgan fingerprint density at radius 1 is 1.15 bits per heavy atom. The van der Waals surface area contributed by atoms with Gasteiger partial charge in [0.25, 0.3) is 5.56 Å². The van der Waals surface area contributed by atoms with Gasteiger partial charge < -0.3 is 13.7 Å². The molecule has 0 saturated heterocycles. The van der Waals surface area contributed by atoms with Crippen LogP contribution in [0, 0.1) is 0 Å². The summed E-state index contributed by atoms with van der Waals surface area (Å²) in [7, 11) is 0. The first kappa shape index (κ1) is 15.8. The quantitative estimate of drug-likeness (QED) is 0.509. The Bertz CT molecular complexity index is 1110. The van der Waals surface area contributed by atoms with Gasteiger partial charge in [0.15, 0.2) is 5.76 Å². The summed E-state index contributed by atoms with van der Waals surface area (Å²) in [6, 6.07) is 12.0. The predicted molar refractivity (Wildman–Crippen MR) is 90.0 cm³/mol. The van der Waals surface area contributed by atoms with E-state index < -0.39 is 5.97 Å². The Morgan fingerprint density at radius 2 is 2.04 bits per heavy atom. The van der Waals surface area contributed by atoms with E-state index in [2.05, 4.69) is 10.1 Å². The highest BCUT2D eigenvalue weighted by Crippen LogP contribution is 2.20. The van der Waals surface area contributed by atoms with Gasteiger partial charge in [0.05, 0.1) is 23.5 Å². The molecule has 4 rings (SSSR count). The van der Waals surface area contributed by atoms with Gasteiger partial charge in [0, 0.05) is 6.07 Å². The van der Waals surface area contributed by atoms with Crippen LogP contribution in [0.15, 0.2) is 68.8 Å². The number of furan rings is 1. The molecule has 0 spiro atoms. The summed E-state index contributed by atoms with van der Waals surface area (Å²) in [5.41, 5.74) is 0.720. The second kappa shape index (κ2) is 6.67. The molecule has 0 radical (unpaired) electrons. The molecule has 130 valence electrons. The summed E-state index contributed by atoms with van der Waals surface area (Å²) in [6.45, 7) is -0.307. The number of ether oxygens (including phenoxy) is 1. The molecule has 0 aliphatic carbocycles. The number of carbonyl (C=O) groups is 1. The van der Waals surface area contributed by atoms with E-state index in [1.165, 1.54) is 17.2 Å². The number of benzene rings is 1. The molecule has 0 atom stereocenters. The van der Waals surface area contributed by atoms with E-state index in [9.17, 15) is 9.59 Å². The van der Waals surface area contributed by atoms with Crippen molar-refractivity contribution in [3.05, 3.63) is 71.1 Å². The molecular formula is C18H13N3O5. The second-order valence-electron chi connectivity index (χ2n) is 5.52. The molecule has 3 aromatic heterocycles. The zero-order valence-electron chi connectivity index (χ0n) is 13.5. The lowest BCUT2D eigenvalue weighted by molar-refractivity contribution is -0.145. The van der Waals surface area contributed by atoms with Crippen molar-refractivity contribution in [3.8, 4) is 11.5 Å². The number of fused-ring (bicyclic) bond motifs is 1. The molecule has 0 aliphatic rings. The van der Waals surface area contributed by atoms with Gasteiger partial charge in [-0.05, 0) is 24.3 Å². The molecule has 8 heteroatoms. The number of rotatable bonds is 5. The third kappa shape index (κ3) is 3.12. The van der Waals surface area contributed by atoms with Crippen LogP contribution in [-0.4, -0.2) is 20.7 Å². The molecule has 8 nitrogen and oxygen atoms in total. The minimum Gasteiger partial charge on any atom is -0.461 e. The fraction of sp³-hybridized carbons (Fsp3) is 0.111. The van der Waals surface area contributed by atoms with Gasteiger partial charge in [0.1, 0.15) is 18.8 Å². The number of para-hydroxylation sites is 1. The van der Waals surface area contributed by atoms with Crippen molar-refractivity contribution in [3.63, 3.8) is 0 Å². The first-order chi connectivity index (χ1) is 12.7. The molecule has 0 fully saturated rings. The molecule has 0 N–H and O–H groups in total. The first-order valence-electron chi connectivity index (χ1n) is 7.80. The molecular weight excluding hydrogens is 338 g/mol. The molecule has 1 aromatic carbocycles. The van der Waals surface area contributed by atoms with Gasteiger partial charge in [-0.1, -0.05) is 17.3 Å². The van der Waals surface area contributed by atoms with Gasteiger partial charge in [-0.25, -0.2) is 4.98 Å². The number of hydrogen-bond donors (Lipinski definition) is 0. The van der Waals surface area contributed by atoms with Crippen LogP contribution < -0.4 is 5.56 Å². The monoisotopic (exact) mass is 351 g/mol. The second-order valence-corrected chi connectivity index (χ2v) is 5.52. The van der Waals surface area contributed by atoms with Crippen LogP contribution in [0.2, 0.25) is 0 Å². The van der Waals surface area contributed by atoms with Crippen LogP contribution in [0.3, 0.4) is 0 Å². The minimum absolute atomic E-state index is 0.0706. The fourth-order valence-corrected chi connectivity index (χ4v) is 2.47. The Hall–Kier alpha value is -3.68. The molecule has 0 bridgehead atoms. The molecule has 0 saturated carbocycles. The zero-order valence-corrected chi connectivity index (χ0v) is 13.5. The highest BCUT2D eigenvalue weighted by molar-refractivity contribution is 5.77. The number of carbonyl (C=O) groups excluding carboxylic acids is 1. The average molecular weight is 351 g/mol. The van der Waals surface area contributed by atoms with Crippen molar-refractivity contribution in [1.29, 1.82) is 0 Å². The van der Waals surface area contributed by atoms with Crippen molar-refractivity contribution in [1.82, 2.24) is 14.7 Å². The van der Waals surface area contributed by atoms with E-state index >= 15 is 0 Å². The van der Waals surface area contributed by atoms with Gasteiger partial charge in [-0.15, -0.1) is 0 Å². The Balaban J connectivity index is 1.42. The van der Waals surface area contributed by atoms with Crippen LogP contribution in [0.25, 0.3) is 22.4 Å². The van der Waals surface area contributed by atoms with Crippen molar-refractivity contribution in [2.24, 2.45) is 0 Å². The summed E-state index contributed by atoms with van der Waals surface area (Å²) < 4.78 is 16.7. The SMILES string of the molecule is O=C(Cn1cnc2ccccc2c1=O)OCc1cc(-c2ccco2)on1. The van der Waals surface area contributed by atoms with E-state index in [1.54, 1.807) is 42.5 Å². The van der Waals surface area contributed by atoms with Crippen LogP contribution >= 0.6 is 0 Å². The Kier molecular flexibility index (Phi) is 4.06. The molecule has 0 aliphatic heterocycles. The summed E-state index contributed by atoms with van der Waals surface area (Å²) in [6.07, 6.45) is 2.85. The summed E-state index contributed by atoms with van der Waals surface area (Å²) in [4.78, 5) is 28.5. The van der Waals surface area contributed by atoms with Gasteiger partial charge in [0.2, 0.25) is 5.76 Å². The van der Waals surface area contributed by atoms with Crippen LogP contribution in [0.4, 0.5) is 0 Å². The number of hydrogen-bond acceptors (Lipinski definition) is 7. The van der Waals surface area contributed by atoms with Gasteiger partial charge in [-0.3, -0.25) is 14.2 Å². The summed E-state index contributed by atoms with van der Waals surface area (Å²) in [5.74, 6) is 0.395. The normalized spacial score (nSPS) is 10.9. The zero-order chi connectivity index (χ0) is 17.9. The Morgan fingerprint density at radius 3 is 2.88 bits per heavy atom. The van der Waals surface area contributed by atoms with Crippen LogP contribution in [0.5, 0.6) is 0 Å². The summed E-state index contributed by atoms with van der Waals surface area (Å²) in [5, 5.41) is 4.26. The molecule has 0 amide bonds. The smallest absolute Gasteiger partial charge is 0.326 e. The lowest BCUT2D eigenvalue weighted by atomic mass is 10.2. The third-order valence-electron chi connectivity index (χ3n) is 3.73. The standard InChI is InChI=1S/C18H13N3O5/c22-17(9-21-11-19-14-5-2-1-4-13(14)18(21)23)25-10-12-8-16(26-20-12)15-6-3-7-24-15/h1-8,11H,9-10H2. The van der Waals surface area contributed by atoms with Crippen molar-refractivity contribution >= 4 is 16.9 Å². The maximum absolute atomic E-state index is 12.4. The summed E-state index contributed by atoms with van der Waals surface area (Å²) >= 11 is 0. The van der Waals surface area contributed by atoms with E-state index in [0.29, 0.717) is 28.1 Å². The lowest BCUT2D eigenvalue weighted by Gasteiger charge is -2.06. The van der Waals surface area contributed by atoms with Crippen molar-refractivity contribution in [2.45, 2.75) is 13.2 Å². The molecule has 0 unspecified atom stereocenters. The lowest BCUT2D eigenvalue weighted by Crippen LogP contribution is -2.25. The predicted octanol–water partition coefficient (Wildman–Crippen LogP) is 2.39. The van der Waals surface area contributed by atoms with Crippen LogP contribution in [0.1, 0.15) is 5.69 Å². The van der Waals surface area contributed by atoms with Crippen molar-refractivity contribution < 1.29 is 18.5 Å². The van der Waals surface area contributed by atoms with E-state index in [4.69, 9.17) is 13.7 Å². The maximum Gasteiger partial charge on any atom is 0.326 e. The topological polar surface area (TPSA) is 100 Å². The van der Waals surface area contributed by atoms with Gasteiger partial charge in [-0.2, -0.15) is 0 Å². The van der Waals surface area contributed by atoms with Gasteiger partial charge >= 0.3 is 5.97 Å². The molecule has 3 heterocycles. The maximum atomic E-state index is 12.4. The van der Waals surface area contributed by atoms with E-state index in [1.807, 2.05) is 0 Å². The minimum atomic E-state index is -0.577. The first-order valence-corrected chi connectivity index (χ1v) is 7.80. The number of aromatic nitrogens is 3. The highest BCUT2D eigenvalue weighted by atomic mass is 16.5. The Labute approximate surface area is 146 Å². The van der Waals surface area contributed by atoms with Crippen molar-refractivity contribution in [2.75, 3.05) is 0 Å². The molecule has 26 heavy (non-hydrogen) atoms. The van der Waals surface area contributed by atoms with E-state index in [-0.39, 0.29) is 18.7 Å². The van der Waals surface area contributed by atoms with E-state index in [0.717, 1.165) is 0 Å². The largest absolute Gasteiger partial charge is 0.461 e. The molecule has 4 aromatic rings. The third-order valence-corrected chi connectivity index (χ3v) is 3.73. The highest BCUT2D eigenvalue weighted by Gasteiger charge is 2.12. The average Bonchev–Trinajstić information content (AvgIpc) is 3.34. The van der Waals surface area contributed by atoms with Crippen LogP contribution in [-0.2, 0) is 22.7 Å². The fourth-order valence-electron chi connectivity index (χ4n) is 2.47. The number of nitrogens with zero attached hydrogens (tertiary/aromatic N) is 3. The number of esters is 1.